The van der Waals surface area contributed by atoms with Crippen LogP contribution >= 0.6 is 27.7 Å². The number of hydrogen-bond donors (Lipinski definition) is 1. The molecule has 2 nitrogen and oxygen atoms in total. The molecular weight excluding hydrogens is 296 g/mol. The fourth-order valence-corrected chi connectivity index (χ4v) is 2.85. The normalized spacial score (nSPS) is 12.4. The van der Waals surface area contributed by atoms with Crippen LogP contribution in [-0.2, 0) is 0 Å². The second kappa shape index (κ2) is 5.67. The Labute approximate surface area is 114 Å². The van der Waals surface area contributed by atoms with Crippen LogP contribution in [0.2, 0.25) is 0 Å². The van der Waals surface area contributed by atoms with Gasteiger partial charge in [-0.1, -0.05) is 33.8 Å². The quantitative estimate of drug-likeness (QED) is 0.931. The molecule has 0 bridgehead atoms. The highest BCUT2D eigenvalue weighted by atomic mass is 79.9. The van der Waals surface area contributed by atoms with Crippen molar-refractivity contribution in [3.63, 3.8) is 0 Å². The van der Waals surface area contributed by atoms with Gasteiger partial charge in [0.05, 0.1) is 0 Å². The summed E-state index contributed by atoms with van der Waals surface area (Å²) in [6.45, 7) is 1.98. The van der Waals surface area contributed by atoms with Crippen molar-refractivity contribution in [2.24, 2.45) is 5.73 Å². The van der Waals surface area contributed by atoms with Gasteiger partial charge < -0.3 is 5.73 Å². The third-order valence-corrected chi connectivity index (χ3v) is 3.72. The molecule has 0 amide bonds. The molecule has 0 spiro atoms. The molecule has 1 aromatic carbocycles. The molecule has 0 radical (unpaired) electrons. The molecule has 1 heterocycles. The number of pyridine rings is 1. The zero-order chi connectivity index (χ0) is 12.3. The van der Waals surface area contributed by atoms with Crippen LogP contribution in [-0.4, -0.2) is 4.98 Å². The van der Waals surface area contributed by atoms with Gasteiger partial charge in [0.25, 0.3) is 0 Å². The summed E-state index contributed by atoms with van der Waals surface area (Å²) in [6.07, 6.45) is 1.80. The first-order chi connectivity index (χ1) is 8.15. The largest absolute Gasteiger partial charge is 0.324 e. The van der Waals surface area contributed by atoms with Gasteiger partial charge in [0.15, 0.2) is 0 Å². The summed E-state index contributed by atoms with van der Waals surface area (Å²) in [5.74, 6) is 0. The van der Waals surface area contributed by atoms with Gasteiger partial charge in [-0.2, -0.15) is 0 Å². The van der Waals surface area contributed by atoms with Crippen molar-refractivity contribution in [1.29, 1.82) is 0 Å². The van der Waals surface area contributed by atoms with Gasteiger partial charge in [0, 0.05) is 21.6 Å². The SMILES string of the molecule is CC(N)c1ccnc(Sc2cccc(Br)c2)c1. The molecule has 88 valence electrons. The lowest BCUT2D eigenvalue weighted by atomic mass is 10.1. The lowest BCUT2D eigenvalue weighted by molar-refractivity contribution is 0.808. The van der Waals surface area contributed by atoms with Gasteiger partial charge in [-0.15, -0.1) is 0 Å². The second-order valence-corrected chi connectivity index (χ2v) is 5.79. The Morgan fingerprint density at radius 3 is 2.82 bits per heavy atom. The maximum Gasteiger partial charge on any atom is 0.101 e. The lowest BCUT2D eigenvalue weighted by Gasteiger charge is -2.07. The van der Waals surface area contributed by atoms with Crippen LogP contribution in [0.25, 0.3) is 0 Å². The predicted molar refractivity (Wildman–Crippen MR) is 75.1 cm³/mol. The summed E-state index contributed by atoms with van der Waals surface area (Å²) in [5.41, 5.74) is 6.96. The number of hydrogen-bond acceptors (Lipinski definition) is 3. The molecule has 2 rings (SSSR count). The first kappa shape index (κ1) is 12.6. The number of aromatic nitrogens is 1. The zero-order valence-corrected chi connectivity index (χ0v) is 11.8. The maximum atomic E-state index is 5.86. The Bertz CT molecular complexity index is 514. The second-order valence-electron chi connectivity index (χ2n) is 3.78. The monoisotopic (exact) mass is 308 g/mol. The fourth-order valence-electron chi connectivity index (χ4n) is 1.42. The van der Waals surface area contributed by atoms with Gasteiger partial charge in [-0.05, 0) is 42.8 Å². The first-order valence-corrected chi connectivity index (χ1v) is 6.91. The Morgan fingerprint density at radius 1 is 1.29 bits per heavy atom. The number of nitrogens with two attached hydrogens (primary N) is 1. The van der Waals surface area contributed by atoms with E-state index in [0.717, 1.165) is 20.0 Å². The van der Waals surface area contributed by atoms with Crippen LogP contribution in [0.15, 0.2) is 57.0 Å². The molecule has 2 aromatic rings. The van der Waals surface area contributed by atoms with E-state index in [1.807, 2.05) is 31.2 Å². The van der Waals surface area contributed by atoms with Crippen molar-refractivity contribution in [3.05, 3.63) is 52.6 Å². The minimum atomic E-state index is 0.0415. The Hall–Kier alpha value is -0.840. The van der Waals surface area contributed by atoms with Crippen LogP contribution in [0.3, 0.4) is 0 Å². The van der Waals surface area contributed by atoms with Crippen molar-refractivity contribution in [2.75, 3.05) is 0 Å². The van der Waals surface area contributed by atoms with Crippen molar-refractivity contribution < 1.29 is 0 Å². The minimum Gasteiger partial charge on any atom is -0.324 e. The summed E-state index contributed by atoms with van der Waals surface area (Å²) < 4.78 is 1.07. The van der Waals surface area contributed by atoms with Gasteiger partial charge in [-0.3, -0.25) is 0 Å². The standard InChI is InChI=1S/C13H13BrN2S/c1-9(15)10-5-6-16-13(7-10)17-12-4-2-3-11(14)8-12/h2-9H,15H2,1H3. The van der Waals surface area contributed by atoms with E-state index in [2.05, 4.69) is 33.0 Å². The number of rotatable bonds is 3. The van der Waals surface area contributed by atoms with E-state index in [1.54, 1.807) is 18.0 Å². The highest BCUT2D eigenvalue weighted by molar-refractivity contribution is 9.10. The molecule has 1 aromatic heterocycles. The molecule has 0 saturated heterocycles. The Morgan fingerprint density at radius 2 is 2.12 bits per heavy atom. The molecule has 0 fully saturated rings. The fraction of sp³-hybridized carbons (Fsp3) is 0.154. The number of nitrogens with zero attached hydrogens (tertiary/aromatic N) is 1. The van der Waals surface area contributed by atoms with Gasteiger partial charge >= 0.3 is 0 Å². The van der Waals surface area contributed by atoms with Crippen molar-refractivity contribution in [2.45, 2.75) is 22.9 Å². The summed E-state index contributed by atoms with van der Waals surface area (Å²) in [4.78, 5) is 5.50. The molecule has 1 atom stereocenters. The van der Waals surface area contributed by atoms with E-state index >= 15 is 0 Å². The average Bonchev–Trinajstić information content (AvgIpc) is 2.29. The van der Waals surface area contributed by atoms with E-state index in [0.29, 0.717) is 0 Å². The lowest BCUT2D eigenvalue weighted by Crippen LogP contribution is -2.04. The van der Waals surface area contributed by atoms with E-state index < -0.39 is 0 Å². The maximum absolute atomic E-state index is 5.86. The zero-order valence-electron chi connectivity index (χ0n) is 9.43. The van der Waals surface area contributed by atoms with E-state index in [-0.39, 0.29) is 6.04 Å². The number of halogens is 1. The minimum absolute atomic E-state index is 0.0415. The third kappa shape index (κ3) is 3.56. The number of benzene rings is 1. The van der Waals surface area contributed by atoms with Gasteiger partial charge in [0.1, 0.15) is 5.03 Å². The van der Waals surface area contributed by atoms with E-state index in [9.17, 15) is 0 Å². The van der Waals surface area contributed by atoms with Crippen molar-refractivity contribution in [3.8, 4) is 0 Å². The Balaban J connectivity index is 2.21. The first-order valence-electron chi connectivity index (χ1n) is 5.30. The third-order valence-electron chi connectivity index (χ3n) is 2.30. The molecule has 2 N–H and O–H groups in total. The molecule has 0 aliphatic heterocycles. The van der Waals surface area contributed by atoms with E-state index in [1.165, 1.54) is 0 Å². The predicted octanol–water partition coefficient (Wildman–Crippen LogP) is 4.02. The van der Waals surface area contributed by atoms with Crippen LogP contribution in [0.4, 0.5) is 0 Å². The molecular formula is C13H13BrN2S. The summed E-state index contributed by atoms with van der Waals surface area (Å²) in [7, 11) is 0. The smallest absolute Gasteiger partial charge is 0.101 e. The molecule has 1 unspecified atom stereocenters. The van der Waals surface area contributed by atoms with Crippen molar-refractivity contribution >= 4 is 27.7 Å². The van der Waals surface area contributed by atoms with Crippen molar-refractivity contribution in [1.82, 2.24) is 4.98 Å². The summed E-state index contributed by atoms with van der Waals surface area (Å²) in [5, 5.41) is 0.970. The summed E-state index contributed by atoms with van der Waals surface area (Å²) in [6, 6.07) is 12.2. The van der Waals surface area contributed by atoms with Crippen LogP contribution in [0, 0.1) is 0 Å². The van der Waals surface area contributed by atoms with E-state index in [4.69, 9.17) is 5.73 Å². The molecule has 17 heavy (non-hydrogen) atoms. The highest BCUT2D eigenvalue weighted by Gasteiger charge is 2.03. The Kier molecular flexibility index (Phi) is 4.20. The molecule has 0 saturated carbocycles. The summed E-state index contributed by atoms with van der Waals surface area (Å²) >= 11 is 5.10. The molecule has 4 heteroatoms. The average molecular weight is 309 g/mol. The van der Waals surface area contributed by atoms with Crippen LogP contribution < -0.4 is 5.73 Å². The molecule has 0 aliphatic rings. The van der Waals surface area contributed by atoms with Crippen LogP contribution in [0.5, 0.6) is 0 Å². The highest BCUT2D eigenvalue weighted by Crippen LogP contribution is 2.29. The topological polar surface area (TPSA) is 38.9 Å². The van der Waals surface area contributed by atoms with Crippen LogP contribution in [0.1, 0.15) is 18.5 Å². The van der Waals surface area contributed by atoms with Gasteiger partial charge in [-0.25, -0.2) is 4.98 Å². The van der Waals surface area contributed by atoms with Gasteiger partial charge in [0.2, 0.25) is 0 Å². The molecule has 0 aliphatic carbocycles.